The third-order valence-corrected chi connectivity index (χ3v) is 4.56. The van der Waals surface area contributed by atoms with Crippen molar-refractivity contribution in [2.24, 2.45) is 0 Å². The summed E-state index contributed by atoms with van der Waals surface area (Å²) in [5, 5.41) is 5.72. The predicted molar refractivity (Wildman–Crippen MR) is 108 cm³/mol. The molecule has 0 bridgehead atoms. The van der Waals surface area contributed by atoms with Crippen LogP contribution >= 0.6 is 0 Å². The maximum atomic E-state index is 12.9. The highest BCUT2D eigenvalue weighted by Crippen LogP contribution is 2.20. The van der Waals surface area contributed by atoms with Crippen molar-refractivity contribution < 1.29 is 14.3 Å². The largest absolute Gasteiger partial charge is 0.497 e. The Morgan fingerprint density at radius 1 is 1.14 bits per heavy atom. The highest BCUT2D eigenvalue weighted by molar-refractivity contribution is 6.08. The zero-order valence-electron chi connectivity index (χ0n) is 16.4. The predicted octanol–water partition coefficient (Wildman–Crippen LogP) is 3.43. The van der Waals surface area contributed by atoms with Gasteiger partial charge in [0.05, 0.1) is 7.11 Å². The molecule has 1 aromatic carbocycles. The average molecular weight is 380 g/mol. The molecule has 0 saturated carbocycles. The zero-order valence-corrected chi connectivity index (χ0v) is 16.4. The number of imidazole rings is 1. The van der Waals surface area contributed by atoms with Gasteiger partial charge >= 0.3 is 0 Å². The van der Waals surface area contributed by atoms with E-state index in [1.165, 1.54) is 0 Å². The third kappa shape index (κ3) is 3.98. The Morgan fingerprint density at radius 2 is 1.86 bits per heavy atom. The zero-order chi connectivity index (χ0) is 20.3. The molecule has 0 aliphatic heterocycles. The van der Waals surface area contributed by atoms with Crippen molar-refractivity contribution in [3.8, 4) is 5.75 Å². The second-order valence-corrected chi connectivity index (χ2v) is 6.71. The molecule has 7 nitrogen and oxygen atoms in total. The molecule has 2 aromatic heterocycles. The van der Waals surface area contributed by atoms with Crippen molar-refractivity contribution in [1.82, 2.24) is 14.7 Å². The number of fused-ring (bicyclic) bond motifs is 1. The van der Waals surface area contributed by atoms with Crippen LogP contribution in [0.3, 0.4) is 0 Å². The SMILES string of the molecule is CCC(C)NC(=O)c1c(NC(=O)c2ccc(OC)cc2)nc2ccc(C)cn12. The number of anilines is 1. The van der Waals surface area contributed by atoms with Gasteiger partial charge in [0.25, 0.3) is 11.8 Å². The minimum absolute atomic E-state index is 0.00741. The van der Waals surface area contributed by atoms with Gasteiger partial charge in [-0.05, 0) is 56.2 Å². The molecule has 2 N–H and O–H groups in total. The summed E-state index contributed by atoms with van der Waals surface area (Å²) in [6.07, 6.45) is 2.63. The Hall–Kier alpha value is -3.35. The van der Waals surface area contributed by atoms with E-state index in [1.807, 2.05) is 39.1 Å². The van der Waals surface area contributed by atoms with Gasteiger partial charge in [-0.25, -0.2) is 4.98 Å². The first-order valence-corrected chi connectivity index (χ1v) is 9.18. The number of aryl methyl sites for hydroxylation is 1. The number of benzene rings is 1. The fourth-order valence-corrected chi connectivity index (χ4v) is 2.77. The van der Waals surface area contributed by atoms with Crippen molar-refractivity contribution in [2.75, 3.05) is 12.4 Å². The Morgan fingerprint density at radius 3 is 2.50 bits per heavy atom. The number of nitrogens with zero attached hydrogens (tertiary/aromatic N) is 2. The number of pyridine rings is 1. The lowest BCUT2D eigenvalue weighted by Crippen LogP contribution is -2.33. The maximum Gasteiger partial charge on any atom is 0.272 e. The van der Waals surface area contributed by atoms with Gasteiger partial charge in [-0.1, -0.05) is 13.0 Å². The van der Waals surface area contributed by atoms with Crippen LogP contribution in [0.15, 0.2) is 42.6 Å². The molecule has 0 aliphatic carbocycles. The number of amides is 2. The van der Waals surface area contributed by atoms with Crippen LogP contribution in [-0.4, -0.2) is 34.4 Å². The van der Waals surface area contributed by atoms with Gasteiger partial charge < -0.3 is 15.4 Å². The average Bonchev–Trinajstić information content (AvgIpc) is 3.04. The molecule has 28 heavy (non-hydrogen) atoms. The molecule has 7 heteroatoms. The monoisotopic (exact) mass is 380 g/mol. The van der Waals surface area contributed by atoms with E-state index in [4.69, 9.17) is 4.74 Å². The molecule has 0 saturated heterocycles. The Labute approximate surface area is 163 Å². The lowest BCUT2D eigenvalue weighted by atomic mass is 10.2. The summed E-state index contributed by atoms with van der Waals surface area (Å²) in [6.45, 7) is 5.86. The lowest BCUT2D eigenvalue weighted by molar-refractivity contribution is 0.0934. The molecule has 3 rings (SSSR count). The molecule has 0 spiro atoms. The van der Waals surface area contributed by atoms with Crippen molar-refractivity contribution in [2.45, 2.75) is 33.2 Å². The minimum atomic E-state index is -0.347. The van der Waals surface area contributed by atoms with Crippen LogP contribution in [0.4, 0.5) is 5.82 Å². The summed E-state index contributed by atoms with van der Waals surface area (Å²) in [5.41, 5.74) is 2.32. The second-order valence-electron chi connectivity index (χ2n) is 6.71. The molecule has 2 heterocycles. The Bertz CT molecular complexity index is 1010. The van der Waals surface area contributed by atoms with Crippen molar-refractivity contribution in [1.29, 1.82) is 0 Å². The van der Waals surface area contributed by atoms with Crippen LogP contribution in [0, 0.1) is 6.92 Å². The van der Waals surface area contributed by atoms with Crippen LogP contribution in [0.2, 0.25) is 0 Å². The van der Waals surface area contributed by atoms with Crippen LogP contribution in [-0.2, 0) is 0 Å². The van der Waals surface area contributed by atoms with E-state index in [0.29, 0.717) is 22.7 Å². The normalized spacial score (nSPS) is 11.9. The Balaban J connectivity index is 1.98. The number of hydrogen-bond donors (Lipinski definition) is 2. The minimum Gasteiger partial charge on any atom is -0.497 e. The molecular weight excluding hydrogens is 356 g/mol. The number of nitrogens with one attached hydrogen (secondary N) is 2. The lowest BCUT2D eigenvalue weighted by Gasteiger charge is -2.12. The van der Waals surface area contributed by atoms with Crippen molar-refractivity contribution in [3.05, 3.63) is 59.4 Å². The summed E-state index contributed by atoms with van der Waals surface area (Å²) >= 11 is 0. The van der Waals surface area contributed by atoms with Gasteiger partial charge in [0.15, 0.2) is 11.5 Å². The van der Waals surface area contributed by atoms with Gasteiger partial charge in [0.2, 0.25) is 0 Å². The highest BCUT2D eigenvalue weighted by Gasteiger charge is 2.22. The van der Waals surface area contributed by atoms with E-state index in [9.17, 15) is 9.59 Å². The van der Waals surface area contributed by atoms with Crippen LogP contribution in [0.5, 0.6) is 5.75 Å². The van der Waals surface area contributed by atoms with E-state index in [0.717, 1.165) is 12.0 Å². The van der Waals surface area contributed by atoms with E-state index in [-0.39, 0.29) is 23.7 Å². The fraction of sp³-hybridized carbons (Fsp3) is 0.286. The first kappa shape index (κ1) is 19.4. The topological polar surface area (TPSA) is 84.7 Å². The van der Waals surface area contributed by atoms with Gasteiger partial charge in [0.1, 0.15) is 11.4 Å². The summed E-state index contributed by atoms with van der Waals surface area (Å²) in [7, 11) is 1.57. The maximum absolute atomic E-state index is 12.9. The second kappa shape index (κ2) is 8.12. The molecule has 1 atom stereocenters. The van der Waals surface area contributed by atoms with E-state index < -0.39 is 0 Å². The first-order valence-electron chi connectivity index (χ1n) is 9.18. The third-order valence-electron chi connectivity index (χ3n) is 4.56. The van der Waals surface area contributed by atoms with Crippen LogP contribution in [0.25, 0.3) is 5.65 Å². The first-order chi connectivity index (χ1) is 13.4. The summed E-state index contributed by atoms with van der Waals surface area (Å²) in [5.74, 6) is 0.262. The number of hydrogen-bond acceptors (Lipinski definition) is 4. The van der Waals surface area contributed by atoms with Crippen molar-refractivity contribution in [3.63, 3.8) is 0 Å². The molecule has 3 aromatic rings. The molecule has 0 aliphatic rings. The summed E-state index contributed by atoms with van der Waals surface area (Å²) < 4.78 is 6.82. The van der Waals surface area contributed by atoms with Gasteiger partial charge in [0, 0.05) is 17.8 Å². The van der Waals surface area contributed by atoms with Gasteiger partial charge in [-0.2, -0.15) is 0 Å². The van der Waals surface area contributed by atoms with E-state index in [1.54, 1.807) is 35.8 Å². The van der Waals surface area contributed by atoms with E-state index >= 15 is 0 Å². The molecule has 0 radical (unpaired) electrons. The quantitative estimate of drug-likeness (QED) is 0.686. The number of rotatable bonds is 6. The number of carbonyl (C=O) groups is 2. The number of methoxy groups -OCH3 is 1. The summed E-state index contributed by atoms with van der Waals surface area (Å²) in [4.78, 5) is 30.0. The molecule has 1 unspecified atom stereocenters. The molecule has 2 amide bonds. The van der Waals surface area contributed by atoms with Crippen molar-refractivity contribution >= 4 is 23.3 Å². The van der Waals surface area contributed by atoms with Gasteiger partial charge in [-0.15, -0.1) is 0 Å². The van der Waals surface area contributed by atoms with Crippen LogP contribution in [0.1, 0.15) is 46.7 Å². The highest BCUT2D eigenvalue weighted by atomic mass is 16.5. The smallest absolute Gasteiger partial charge is 0.272 e. The standard InChI is InChI=1S/C21H24N4O3/c1-5-14(3)22-21(27)18-19(23-17-11-6-13(2)12-25(17)18)24-20(26)15-7-9-16(28-4)10-8-15/h6-12,14H,5H2,1-4H3,(H,22,27)(H,24,26). The summed E-state index contributed by atoms with van der Waals surface area (Å²) in [6, 6.07) is 10.5. The number of aromatic nitrogens is 2. The number of ether oxygens (including phenoxy) is 1. The number of carbonyl (C=O) groups excluding carboxylic acids is 2. The molecular formula is C21H24N4O3. The van der Waals surface area contributed by atoms with E-state index in [2.05, 4.69) is 15.6 Å². The van der Waals surface area contributed by atoms with Crippen LogP contribution < -0.4 is 15.4 Å². The fourth-order valence-electron chi connectivity index (χ4n) is 2.77. The molecule has 146 valence electrons. The Kier molecular flexibility index (Phi) is 5.63. The van der Waals surface area contributed by atoms with Gasteiger partial charge in [-0.3, -0.25) is 14.0 Å². The molecule has 0 fully saturated rings.